The number of rotatable bonds is 5. The van der Waals surface area contributed by atoms with Crippen LogP contribution in [0.4, 0.5) is 0 Å². The second-order valence-corrected chi connectivity index (χ2v) is 3.82. The maximum absolute atomic E-state index is 5.43. The Morgan fingerprint density at radius 1 is 1.54 bits per heavy atom. The fourth-order valence-corrected chi connectivity index (χ4v) is 1.30. The number of aromatic nitrogens is 2. The van der Waals surface area contributed by atoms with Crippen LogP contribution in [0.3, 0.4) is 0 Å². The predicted octanol–water partition coefficient (Wildman–Crippen LogP) is 1.43. The molecule has 3 heteroatoms. The highest BCUT2D eigenvalue weighted by Gasteiger charge is 2.00. The van der Waals surface area contributed by atoms with Gasteiger partial charge in [0.15, 0.2) is 0 Å². The molecule has 1 aromatic rings. The highest BCUT2D eigenvalue weighted by atomic mass is 15.3. The Morgan fingerprint density at radius 2 is 2.31 bits per heavy atom. The summed E-state index contributed by atoms with van der Waals surface area (Å²) >= 11 is 0. The highest BCUT2D eigenvalue weighted by molar-refractivity contribution is 4.98. The maximum atomic E-state index is 5.43. The molecule has 0 aliphatic rings. The molecule has 1 rings (SSSR count). The molecule has 0 aromatic carbocycles. The maximum Gasteiger partial charge on any atom is 0.0625 e. The van der Waals surface area contributed by atoms with E-state index in [1.807, 2.05) is 10.9 Å². The van der Waals surface area contributed by atoms with Crippen molar-refractivity contribution < 1.29 is 0 Å². The van der Waals surface area contributed by atoms with Crippen LogP contribution in [0.1, 0.15) is 26.0 Å². The monoisotopic (exact) mass is 181 g/mol. The average molecular weight is 181 g/mol. The van der Waals surface area contributed by atoms with Crippen LogP contribution >= 0.6 is 0 Å². The normalized spacial score (nSPS) is 11.1. The molecule has 74 valence electrons. The van der Waals surface area contributed by atoms with Gasteiger partial charge in [0.1, 0.15) is 0 Å². The molecule has 0 aliphatic heterocycles. The minimum atomic E-state index is 0.655. The highest BCUT2D eigenvalue weighted by Crippen LogP contribution is 2.02. The van der Waals surface area contributed by atoms with E-state index in [9.17, 15) is 0 Å². The van der Waals surface area contributed by atoms with Crippen molar-refractivity contribution in [1.29, 1.82) is 0 Å². The molecule has 0 atom stereocenters. The molecule has 0 saturated carbocycles. The van der Waals surface area contributed by atoms with E-state index in [1.165, 1.54) is 0 Å². The van der Waals surface area contributed by atoms with Gasteiger partial charge in [-0.15, -0.1) is 0 Å². The molecule has 0 bridgehead atoms. The lowest BCUT2D eigenvalue weighted by molar-refractivity contribution is 0.479. The quantitative estimate of drug-likeness (QED) is 0.746. The van der Waals surface area contributed by atoms with Gasteiger partial charge in [0.05, 0.1) is 5.69 Å². The topological polar surface area (TPSA) is 43.8 Å². The van der Waals surface area contributed by atoms with Gasteiger partial charge in [-0.1, -0.05) is 13.8 Å². The smallest absolute Gasteiger partial charge is 0.0625 e. The zero-order valence-corrected chi connectivity index (χ0v) is 8.53. The summed E-state index contributed by atoms with van der Waals surface area (Å²) in [5.74, 6) is 0.655. The van der Waals surface area contributed by atoms with Crippen molar-refractivity contribution in [1.82, 2.24) is 9.78 Å². The molecular formula is C10H19N3. The van der Waals surface area contributed by atoms with E-state index in [0.29, 0.717) is 5.92 Å². The van der Waals surface area contributed by atoms with Gasteiger partial charge in [-0.05, 0) is 31.4 Å². The first kappa shape index (κ1) is 10.3. The van der Waals surface area contributed by atoms with Gasteiger partial charge in [0.2, 0.25) is 0 Å². The largest absolute Gasteiger partial charge is 0.330 e. The molecule has 0 aliphatic carbocycles. The summed E-state index contributed by atoms with van der Waals surface area (Å²) in [6.45, 7) is 6.14. The van der Waals surface area contributed by atoms with Gasteiger partial charge >= 0.3 is 0 Å². The van der Waals surface area contributed by atoms with E-state index in [4.69, 9.17) is 5.73 Å². The average Bonchev–Trinajstić information content (AvgIpc) is 2.48. The molecular weight excluding hydrogens is 162 g/mol. The minimum absolute atomic E-state index is 0.655. The van der Waals surface area contributed by atoms with Crippen molar-refractivity contribution in [2.24, 2.45) is 11.7 Å². The summed E-state index contributed by atoms with van der Waals surface area (Å²) in [5.41, 5.74) is 6.59. The lowest BCUT2D eigenvalue weighted by atomic mass is 10.2. The van der Waals surface area contributed by atoms with Crippen LogP contribution in [0.5, 0.6) is 0 Å². The lowest BCUT2D eigenvalue weighted by Crippen LogP contribution is -2.06. The Morgan fingerprint density at radius 3 is 2.92 bits per heavy atom. The standard InChI is InChI=1S/C10H19N3/c1-9(2)8-13-7-5-10(12-13)4-3-6-11/h5,7,9H,3-4,6,8,11H2,1-2H3. The number of nitrogens with zero attached hydrogens (tertiary/aromatic N) is 2. The number of nitrogens with two attached hydrogens (primary N) is 1. The van der Waals surface area contributed by atoms with Crippen LogP contribution in [0.25, 0.3) is 0 Å². The predicted molar refractivity (Wildman–Crippen MR) is 54.4 cm³/mol. The fourth-order valence-electron chi connectivity index (χ4n) is 1.30. The second-order valence-electron chi connectivity index (χ2n) is 3.82. The van der Waals surface area contributed by atoms with Gasteiger partial charge in [0, 0.05) is 12.7 Å². The molecule has 0 unspecified atom stereocenters. The van der Waals surface area contributed by atoms with E-state index < -0.39 is 0 Å². The van der Waals surface area contributed by atoms with Crippen molar-refractivity contribution in [2.75, 3.05) is 6.54 Å². The molecule has 1 aromatic heterocycles. The summed E-state index contributed by atoms with van der Waals surface area (Å²) < 4.78 is 2.01. The second kappa shape index (κ2) is 5.02. The Labute approximate surface area is 79.9 Å². The van der Waals surface area contributed by atoms with E-state index in [0.717, 1.165) is 31.6 Å². The van der Waals surface area contributed by atoms with Gasteiger partial charge in [-0.2, -0.15) is 5.10 Å². The lowest BCUT2D eigenvalue weighted by Gasteiger charge is -2.03. The molecule has 3 nitrogen and oxygen atoms in total. The number of hydrogen-bond donors (Lipinski definition) is 1. The molecule has 0 spiro atoms. The van der Waals surface area contributed by atoms with Crippen LogP contribution in [-0.4, -0.2) is 16.3 Å². The van der Waals surface area contributed by atoms with Crippen molar-refractivity contribution in [3.63, 3.8) is 0 Å². The van der Waals surface area contributed by atoms with Crippen molar-refractivity contribution in [2.45, 2.75) is 33.2 Å². The Balaban J connectivity index is 2.44. The fraction of sp³-hybridized carbons (Fsp3) is 0.700. The first-order valence-corrected chi connectivity index (χ1v) is 4.94. The third kappa shape index (κ3) is 3.59. The van der Waals surface area contributed by atoms with Crippen LogP contribution in [0.2, 0.25) is 0 Å². The van der Waals surface area contributed by atoms with Crippen LogP contribution in [0, 0.1) is 5.92 Å². The summed E-state index contributed by atoms with van der Waals surface area (Å²) in [7, 11) is 0. The first-order valence-electron chi connectivity index (χ1n) is 4.94. The van der Waals surface area contributed by atoms with E-state index >= 15 is 0 Å². The molecule has 0 fully saturated rings. The van der Waals surface area contributed by atoms with Crippen molar-refractivity contribution in [3.05, 3.63) is 18.0 Å². The molecule has 0 saturated heterocycles. The van der Waals surface area contributed by atoms with E-state index in [-0.39, 0.29) is 0 Å². The third-order valence-electron chi connectivity index (χ3n) is 1.89. The Kier molecular flexibility index (Phi) is 3.96. The molecule has 13 heavy (non-hydrogen) atoms. The Hall–Kier alpha value is -0.830. The summed E-state index contributed by atoms with van der Waals surface area (Å²) in [6.07, 6.45) is 4.08. The molecule has 0 radical (unpaired) electrons. The summed E-state index contributed by atoms with van der Waals surface area (Å²) in [6, 6.07) is 2.08. The molecule has 1 heterocycles. The van der Waals surface area contributed by atoms with E-state index in [2.05, 4.69) is 25.0 Å². The molecule has 2 N–H and O–H groups in total. The van der Waals surface area contributed by atoms with Crippen LogP contribution < -0.4 is 5.73 Å². The van der Waals surface area contributed by atoms with Crippen LogP contribution in [0.15, 0.2) is 12.3 Å². The minimum Gasteiger partial charge on any atom is -0.330 e. The van der Waals surface area contributed by atoms with E-state index in [1.54, 1.807) is 0 Å². The Bertz CT molecular complexity index is 240. The van der Waals surface area contributed by atoms with Gasteiger partial charge in [0.25, 0.3) is 0 Å². The number of aryl methyl sites for hydroxylation is 1. The van der Waals surface area contributed by atoms with Gasteiger partial charge in [-0.3, -0.25) is 4.68 Å². The molecule has 0 amide bonds. The van der Waals surface area contributed by atoms with Gasteiger partial charge in [-0.25, -0.2) is 0 Å². The number of hydrogen-bond acceptors (Lipinski definition) is 2. The third-order valence-corrected chi connectivity index (χ3v) is 1.89. The zero-order chi connectivity index (χ0) is 9.68. The summed E-state index contributed by atoms with van der Waals surface area (Å²) in [4.78, 5) is 0. The SMILES string of the molecule is CC(C)Cn1ccc(CCCN)n1. The van der Waals surface area contributed by atoms with Crippen molar-refractivity contribution >= 4 is 0 Å². The van der Waals surface area contributed by atoms with Crippen LogP contribution in [-0.2, 0) is 13.0 Å². The van der Waals surface area contributed by atoms with Crippen molar-refractivity contribution in [3.8, 4) is 0 Å². The summed E-state index contributed by atoms with van der Waals surface area (Å²) in [5, 5.41) is 4.45. The first-order chi connectivity index (χ1) is 6.22. The zero-order valence-electron chi connectivity index (χ0n) is 8.53. The van der Waals surface area contributed by atoms with Gasteiger partial charge < -0.3 is 5.73 Å².